The van der Waals surface area contributed by atoms with E-state index in [1.165, 1.54) is 17.7 Å². The number of hydrogen-bond donors (Lipinski definition) is 0. The van der Waals surface area contributed by atoms with E-state index in [1.807, 2.05) is 12.1 Å². The van der Waals surface area contributed by atoms with Crippen LogP contribution in [0.4, 0.5) is 4.39 Å². The second kappa shape index (κ2) is 3.49. The van der Waals surface area contributed by atoms with E-state index in [0.29, 0.717) is 5.92 Å². The van der Waals surface area contributed by atoms with Gasteiger partial charge in [0.1, 0.15) is 5.82 Å². The summed E-state index contributed by atoms with van der Waals surface area (Å²) in [5.41, 5.74) is 1.44. The second-order valence-corrected chi connectivity index (χ2v) is 4.64. The smallest absolute Gasteiger partial charge is 0.123 e. The molecule has 0 aliphatic rings. The Labute approximate surface area is 79.8 Å². The molecule has 0 unspecified atom stereocenters. The number of benzene rings is 1. The molecule has 0 N–H and O–H groups in total. The quantitative estimate of drug-likeness (QED) is 0.613. The fourth-order valence-electron chi connectivity index (χ4n) is 1.25. The third kappa shape index (κ3) is 2.55. The molecule has 0 aliphatic heterocycles. The largest absolute Gasteiger partial charge is 0.207 e. The minimum Gasteiger partial charge on any atom is -0.207 e. The van der Waals surface area contributed by atoms with E-state index in [9.17, 15) is 4.39 Å². The van der Waals surface area contributed by atoms with Crippen molar-refractivity contribution in [3.05, 3.63) is 35.6 Å². The molecule has 0 amide bonds. The molecule has 1 aromatic rings. The maximum Gasteiger partial charge on any atom is 0.123 e. The van der Waals surface area contributed by atoms with E-state index >= 15 is 0 Å². The molecule has 0 aliphatic carbocycles. The minimum absolute atomic E-state index is 0.162. The summed E-state index contributed by atoms with van der Waals surface area (Å²) in [4.78, 5) is 0. The van der Waals surface area contributed by atoms with Crippen molar-refractivity contribution in [1.82, 2.24) is 0 Å². The van der Waals surface area contributed by atoms with Crippen molar-refractivity contribution in [2.75, 3.05) is 0 Å². The molecular weight excluding hydrogens is 163 g/mol. The Kier molecular flexibility index (Phi) is 2.74. The van der Waals surface area contributed by atoms with Crippen molar-refractivity contribution in [3.63, 3.8) is 0 Å². The van der Waals surface area contributed by atoms with Crippen LogP contribution < -0.4 is 0 Å². The van der Waals surface area contributed by atoms with Gasteiger partial charge in [-0.2, -0.15) is 0 Å². The second-order valence-electron chi connectivity index (χ2n) is 4.64. The van der Waals surface area contributed by atoms with Crippen LogP contribution in [0.1, 0.15) is 39.2 Å². The van der Waals surface area contributed by atoms with E-state index in [4.69, 9.17) is 0 Å². The summed E-state index contributed by atoms with van der Waals surface area (Å²) in [6.07, 6.45) is 0. The predicted molar refractivity (Wildman–Crippen MR) is 54.3 cm³/mol. The van der Waals surface area contributed by atoms with Crippen LogP contribution in [0.5, 0.6) is 0 Å². The van der Waals surface area contributed by atoms with Crippen LogP contribution >= 0.6 is 0 Å². The lowest BCUT2D eigenvalue weighted by molar-refractivity contribution is 0.339. The van der Waals surface area contributed by atoms with Gasteiger partial charge in [-0.05, 0) is 29.0 Å². The molecule has 0 heterocycles. The average Bonchev–Trinajstić information content (AvgIpc) is 2.03. The van der Waals surface area contributed by atoms with Crippen molar-refractivity contribution in [2.24, 2.45) is 5.41 Å². The third-order valence-electron chi connectivity index (χ3n) is 2.67. The third-order valence-corrected chi connectivity index (χ3v) is 2.67. The van der Waals surface area contributed by atoms with Gasteiger partial charge in [-0.15, -0.1) is 0 Å². The summed E-state index contributed by atoms with van der Waals surface area (Å²) >= 11 is 0. The zero-order valence-electron chi connectivity index (χ0n) is 8.76. The van der Waals surface area contributed by atoms with Gasteiger partial charge >= 0.3 is 0 Å². The molecule has 0 fully saturated rings. The highest BCUT2D eigenvalue weighted by atomic mass is 19.1. The first-order valence-electron chi connectivity index (χ1n) is 4.67. The van der Waals surface area contributed by atoms with E-state index in [-0.39, 0.29) is 11.2 Å². The zero-order valence-corrected chi connectivity index (χ0v) is 8.76. The van der Waals surface area contributed by atoms with Crippen molar-refractivity contribution in [2.45, 2.75) is 33.6 Å². The first-order valence-corrected chi connectivity index (χ1v) is 4.67. The summed E-state index contributed by atoms with van der Waals surface area (Å²) < 4.78 is 12.6. The molecule has 1 aromatic carbocycles. The lowest BCUT2D eigenvalue weighted by Gasteiger charge is -2.27. The lowest BCUT2D eigenvalue weighted by Crippen LogP contribution is -2.15. The van der Waals surface area contributed by atoms with Gasteiger partial charge in [0, 0.05) is 0 Å². The highest BCUT2D eigenvalue weighted by Gasteiger charge is 2.21. The molecule has 72 valence electrons. The molecule has 1 heteroatoms. The molecule has 0 saturated heterocycles. The first kappa shape index (κ1) is 10.2. The molecule has 13 heavy (non-hydrogen) atoms. The fourth-order valence-corrected chi connectivity index (χ4v) is 1.25. The Bertz CT molecular complexity index is 266. The Hall–Kier alpha value is -0.850. The van der Waals surface area contributed by atoms with Gasteiger partial charge in [0.05, 0.1) is 0 Å². The summed E-state index contributed by atoms with van der Waals surface area (Å²) in [6, 6.07) is 6.78. The van der Waals surface area contributed by atoms with Gasteiger partial charge in [-0.25, -0.2) is 4.39 Å². The molecule has 0 radical (unpaired) electrons. The monoisotopic (exact) mass is 180 g/mol. The molecule has 0 spiro atoms. The van der Waals surface area contributed by atoms with Gasteiger partial charge in [0.25, 0.3) is 0 Å². The summed E-state index contributed by atoms with van der Waals surface area (Å²) in [5, 5.41) is 0. The number of halogens is 1. The molecule has 0 bridgehead atoms. The Morgan fingerprint density at radius 2 is 1.54 bits per heavy atom. The van der Waals surface area contributed by atoms with Crippen LogP contribution in [0, 0.1) is 11.2 Å². The van der Waals surface area contributed by atoms with Crippen LogP contribution in [0.25, 0.3) is 0 Å². The normalized spacial score (nSPS) is 14.2. The molecule has 0 saturated carbocycles. The van der Waals surface area contributed by atoms with Crippen LogP contribution in [-0.4, -0.2) is 0 Å². The van der Waals surface area contributed by atoms with E-state index < -0.39 is 0 Å². The Balaban J connectivity index is 2.90. The molecular formula is C12H17F. The maximum absolute atomic E-state index is 12.6. The van der Waals surface area contributed by atoms with Crippen molar-refractivity contribution >= 4 is 0 Å². The Morgan fingerprint density at radius 3 is 1.92 bits per heavy atom. The molecule has 0 aromatic heterocycles. The average molecular weight is 180 g/mol. The fraction of sp³-hybridized carbons (Fsp3) is 0.500. The van der Waals surface area contributed by atoms with E-state index in [0.717, 1.165) is 0 Å². The van der Waals surface area contributed by atoms with Crippen LogP contribution in [0.2, 0.25) is 0 Å². The van der Waals surface area contributed by atoms with Gasteiger partial charge in [-0.3, -0.25) is 0 Å². The zero-order chi connectivity index (χ0) is 10.1. The SMILES string of the molecule is C[C@H](c1ccc(F)cc1)C(C)(C)C. The van der Waals surface area contributed by atoms with Crippen LogP contribution in [0.3, 0.4) is 0 Å². The van der Waals surface area contributed by atoms with Crippen molar-refractivity contribution in [1.29, 1.82) is 0 Å². The summed E-state index contributed by atoms with van der Waals surface area (Å²) in [6.45, 7) is 8.76. The Morgan fingerprint density at radius 1 is 1.08 bits per heavy atom. The summed E-state index contributed by atoms with van der Waals surface area (Å²) in [7, 11) is 0. The highest BCUT2D eigenvalue weighted by Crippen LogP contribution is 2.34. The van der Waals surface area contributed by atoms with E-state index in [1.54, 1.807) is 0 Å². The van der Waals surface area contributed by atoms with Crippen LogP contribution in [0.15, 0.2) is 24.3 Å². The van der Waals surface area contributed by atoms with Crippen LogP contribution in [-0.2, 0) is 0 Å². The van der Waals surface area contributed by atoms with E-state index in [2.05, 4.69) is 27.7 Å². The standard InChI is InChI=1S/C12H17F/c1-9(12(2,3)4)10-5-7-11(13)8-6-10/h5-9H,1-4H3/t9-/m1/s1. The van der Waals surface area contributed by atoms with Gasteiger partial charge < -0.3 is 0 Å². The predicted octanol–water partition coefficient (Wildman–Crippen LogP) is 3.98. The van der Waals surface area contributed by atoms with Gasteiger partial charge in [0.15, 0.2) is 0 Å². The lowest BCUT2D eigenvalue weighted by atomic mass is 9.78. The minimum atomic E-state index is -0.162. The summed E-state index contributed by atoms with van der Waals surface area (Å²) in [5.74, 6) is 0.290. The van der Waals surface area contributed by atoms with Crippen molar-refractivity contribution < 1.29 is 4.39 Å². The molecule has 0 nitrogen and oxygen atoms in total. The molecule has 1 atom stereocenters. The molecule has 1 rings (SSSR count). The van der Waals surface area contributed by atoms with Crippen molar-refractivity contribution in [3.8, 4) is 0 Å². The van der Waals surface area contributed by atoms with Gasteiger partial charge in [0.2, 0.25) is 0 Å². The number of hydrogen-bond acceptors (Lipinski definition) is 0. The first-order chi connectivity index (χ1) is 5.91. The maximum atomic E-state index is 12.6. The number of rotatable bonds is 1. The topological polar surface area (TPSA) is 0 Å². The highest BCUT2D eigenvalue weighted by molar-refractivity contribution is 5.21. The van der Waals surface area contributed by atoms with Gasteiger partial charge in [-0.1, -0.05) is 39.8 Å².